The van der Waals surface area contributed by atoms with E-state index in [1.54, 1.807) is 42.2 Å². The Morgan fingerprint density at radius 3 is 2.21 bits per heavy atom. The number of methoxy groups -OCH3 is 1. The molecule has 0 unspecified atom stereocenters. The van der Waals surface area contributed by atoms with Gasteiger partial charge in [0.1, 0.15) is 11.6 Å². The predicted molar refractivity (Wildman–Crippen MR) is 144 cm³/mol. The van der Waals surface area contributed by atoms with Gasteiger partial charge in [-0.25, -0.2) is 4.39 Å². The first-order valence-corrected chi connectivity index (χ1v) is 12.5. The molecule has 1 aliphatic rings. The summed E-state index contributed by atoms with van der Waals surface area (Å²) in [6.07, 6.45) is 0. The second-order valence-electron chi connectivity index (χ2n) is 9.52. The Labute approximate surface area is 222 Å². The van der Waals surface area contributed by atoms with Crippen LogP contribution in [-0.4, -0.2) is 35.8 Å². The molecule has 1 heterocycles. The Kier molecular flexibility index (Phi) is 7.22. The third kappa shape index (κ3) is 5.02. The molecule has 0 radical (unpaired) electrons. The van der Waals surface area contributed by atoms with Crippen molar-refractivity contribution in [2.24, 2.45) is 0 Å². The maximum Gasteiger partial charge on any atom is 0.255 e. The van der Waals surface area contributed by atoms with Crippen LogP contribution in [0.4, 0.5) is 4.39 Å². The monoisotopic (exact) mass is 508 g/mol. The normalized spacial score (nSPS) is 16.6. The minimum absolute atomic E-state index is 0.0845. The quantitative estimate of drug-likeness (QED) is 0.309. The van der Waals surface area contributed by atoms with Crippen LogP contribution in [0.3, 0.4) is 0 Å². The number of carbonyl (C=O) groups is 2. The second kappa shape index (κ2) is 10.9. The molecule has 0 N–H and O–H groups in total. The molecule has 192 valence electrons. The van der Waals surface area contributed by atoms with Crippen molar-refractivity contribution >= 4 is 11.8 Å². The molecule has 0 bridgehead atoms. The lowest BCUT2D eigenvalue weighted by molar-refractivity contribution is -0.134. The molecule has 0 spiro atoms. The van der Waals surface area contributed by atoms with Crippen LogP contribution in [0.25, 0.3) is 0 Å². The molecule has 0 aliphatic carbocycles. The highest BCUT2D eigenvalue weighted by Crippen LogP contribution is 2.44. The molecule has 6 heteroatoms. The van der Waals surface area contributed by atoms with E-state index in [0.717, 1.165) is 16.7 Å². The molecule has 0 aromatic heterocycles. The van der Waals surface area contributed by atoms with Crippen LogP contribution < -0.4 is 4.74 Å². The van der Waals surface area contributed by atoms with Crippen LogP contribution in [-0.2, 0) is 17.9 Å². The maximum absolute atomic E-state index is 14.2. The van der Waals surface area contributed by atoms with E-state index in [4.69, 9.17) is 4.74 Å². The third-order valence-corrected chi connectivity index (χ3v) is 7.07. The minimum atomic E-state index is -0.633. The number of halogens is 1. The second-order valence-corrected chi connectivity index (χ2v) is 9.52. The first-order chi connectivity index (χ1) is 18.5. The molecule has 2 amide bonds. The van der Waals surface area contributed by atoms with Gasteiger partial charge in [-0.15, -0.1) is 0 Å². The van der Waals surface area contributed by atoms with E-state index in [0.29, 0.717) is 23.4 Å². The zero-order valence-corrected chi connectivity index (χ0v) is 21.4. The lowest BCUT2D eigenvalue weighted by atomic mass is 9.78. The van der Waals surface area contributed by atoms with Gasteiger partial charge in [0.2, 0.25) is 5.91 Å². The van der Waals surface area contributed by atoms with Crippen LogP contribution in [0.5, 0.6) is 5.75 Å². The van der Waals surface area contributed by atoms with Gasteiger partial charge >= 0.3 is 0 Å². The van der Waals surface area contributed by atoms with Crippen LogP contribution in [0.1, 0.15) is 44.6 Å². The van der Waals surface area contributed by atoms with Gasteiger partial charge in [0, 0.05) is 25.7 Å². The van der Waals surface area contributed by atoms with E-state index in [1.807, 2.05) is 72.8 Å². The molecular formula is C32H29FN2O3. The molecule has 1 aliphatic heterocycles. The van der Waals surface area contributed by atoms with Gasteiger partial charge < -0.3 is 14.5 Å². The molecule has 38 heavy (non-hydrogen) atoms. The highest BCUT2D eigenvalue weighted by molar-refractivity contribution is 6.01. The fourth-order valence-electron chi connectivity index (χ4n) is 5.16. The van der Waals surface area contributed by atoms with Crippen LogP contribution in [0.15, 0.2) is 103 Å². The van der Waals surface area contributed by atoms with Crippen LogP contribution >= 0.6 is 0 Å². The average Bonchev–Trinajstić information content (AvgIpc) is 2.95. The number of carbonyl (C=O) groups excluding carboxylic acids is 2. The van der Waals surface area contributed by atoms with E-state index < -0.39 is 12.0 Å². The summed E-state index contributed by atoms with van der Waals surface area (Å²) in [5.74, 6) is -0.539. The molecule has 0 fully saturated rings. The zero-order valence-electron chi connectivity index (χ0n) is 21.4. The number of likely N-dealkylation sites (N-methyl/N-ethyl adjacent to an activating group) is 1. The number of fused-ring (bicyclic) bond motifs is 1. The van der Waals surface area contributed by atoms with Crippen molar-refractivity contribution in [1.29, 1.82) is 0 Å². The highest BCUT2D eigenvalue weighted by atomic mass is 19.1. The van der Waals surface area contributed by atoms with Crippen LogP contribution in [0.2, 0.25) is 0 Å². The van der Waals surface area contributed by atoms with E-state index in [2.05, 4.69) is 0 Å². The van der Waals surface area contributed by atoms with Crippen molar-refractivity contribution in [2.45, 2.75) is 25.0 Å². The van der Waals surface area contributed by atoms with Crippen molar-refractivity contribution < 1.29 is 18.7 Å². The largest absolute Gasteiger partial charge is 0.497 e. The van der Waals surface area contributed by atoms with Crippen molar-refractivity contribution in [3.63, 3.8) is 0 Å². The fourth-order valence-corrected chi connectivity index (χ4v) is 5.16. The summed E-state index contributed by atoms with van der Waals surface area (Å²) in [5, 5.41) is 0. The Morgan fingerprint density at radius 1 is 0.868 bits per heavy atom. The third-order valence-electron chi connectivity index (χ3n) is 7.07. The fraction of sp³-hybridized carbons (Fsp3) is 0.188. The van der Waals surface area contributed by atoms with Gasteiger partial charge in [0.05, 0.1) is 19.1 Å². The van der Waals surface area contributed by atoms with E-state index in [9.17, 15) is 14.0 Å². The predicted octanol–water partition coefficient (Wildman–Crippen LogP) is 5.97. The average molecular weight is 509 g/mol. The van der Waals surface area contributed by atoms with Gasteiger partial charge in [-0.3, -0.25) is 9.59 Å². The summed E-state index contributed by atoms with van der Waals surface area (Å²) in [5.41, 5.74) is 3.83. The number of nitrogens with zero attached hydrogens (tertiary/aromatic N) is 2. The lowest BCUT2D eigenvalue weighted by Gasteiger charge is -2.43. The SMILES string of the molecule is COc1ccc([C@H]2[C@H](C(=O)N(C)Cc3ccccc3)c3ccccc3C(=O)N2Cc2ccc(F)cc2)cc1. The molecule has 0 saturated carbocycles. The first kappa shape index (κ1) is 25.2. The molecule has 4 aromatic carbocycles. The summed E-state index contributed by atoms with van der Waals surface area (Å²) in [6.45, 7) is 0.676. The first-order valence-electron chi connectivity index (χ1n) is 12.5. The van der Waals surface area contributed by atoms with Crippen LogP contribution in [0, 0.1) is 5.82 Å². The van der Waals surface area contributed by atoms with Gasteiger partial charge in [0.15, 0.2) is 0 Å². The lowest BCUT2D eigenvalue weighted by Crippen LogP contribution is -2.47. The number of hydrogen-bond donors (Lipinski definition) is 0. The van der Waals surface area contributed by atoms with Crippen molar-refractivity contribution in [3.05, 3.63) is 137 Å². The van der Waals surface area contributed by atoms with Crippen molar-refractivity contribution in [2.75, 3.05) is 14.2 Å². The smallest absolute Gasteiger partial charge is 0.255 e. The number of hydrogen-bond acceptors (Lipinski definition) is 3. The molecule has 4 aromatic rings. The summed E-state index contributed by atoms with van der Waals surface area (Å²) in [6, 6.07) is 30.2. The maximum atomic E-state index is 14.2. The Morgan fingerprint density at radius 2 is 1.53 bits per heavy atom. The molecule has 2 atom stereocenters. The molecule has 5 rings (SSSR count). The highest BCUT2D eigenvalue weighted by Gasteiger charge is 2.45. The summed E-state index contributed by atoms with van der Waals surface area (Å²) in [7, 11) is 3.39. The van der Waals surface area contributed by atoms with E-state index in [1.165, 1.54) is 12.1 Å². The summed E-state index contributed by atoms with van der Waals surface area (Å²) in [4.78, 5) is 31.6. The number of ether oxygens (including phenoxy) is 1. The molecular weight excluding hydrogens is 479 g/mol. The van der Waals surface area contributed by atoms with Gasteiger partial charge in [-0.1, -0.05) is 72.8 Å². The summed E-state index contributed by atoms with van der Waals surface area (Å²) < 4.78 is 19.0. The zero-order chi connectivity index (χ0) is 26.6. The van der Waals surface area contributed by atoms with Crippen molar-refractivity contribution in [3.8, 4) is 5.75 Å². The van der Waals surface area contributed by atoms with Gasteiger partial charge in [0.25, 0.3) is 5.91 Å². The Bertz CT molecular complexity index is 1420. The Hall–Kier alpha value is -4.45. The van der Waals surface area contributed by atoms with Gasteiger partial charge in [-0.2, -0.15) is 0 Å². The molecule has 0 saturated heterocycles. The number of amides is 2. The van der Waals surface area contributed by atoms with Crippen molar-refractivity contribution in [1.82, 2.24) is 9.80 Å². The van der Waals surface area contributed by atoms with E-state index >= 15 is 0 Å². The Balaban J connectivity index is 1.61. The topological polar surface area (TPSA) is 49.9 Å². The van der Waals surface area contributed by atoms with E-state index in [-0.39, 0.29) is 24.2 Å². The number of benzene rings is 4. The van der Waals surface area contributed by atoms with Gasteiger partial charge in [-0.05, 0) is 52.6 Å². The minimum Gasteiger partial charge on any atom is -0.497 e. The summed E-state index contributed by atoms with van der Waals surface area (Å²) >= 11 is 0. The standard InChI is InChI=1S/C32H29FN2O3/c1-34(20-22-8-4-3-5-9-22)32(37)29-27-10-6-7-11-28(27)31(36)35(21-23-12-16-25(33)17-13-23)30(29)24-14-18-26(38-2)19-15-24/h3-19,29-30H,20-21H2,1-2H3/t29-,30+/m1/s1. The number of rotatable bonds is 7. The molecule has 5 nitrogen and oxygen atoms in total.